The van der Waals surface area contributed by atoms with E-state index in [2.05, 4.69) is 6.58 Å². The third kappa shape index (κ3) is 5.80. The number of likely N-dealkylation sites (tertiary alicyclic amines) is 1. The highest BCUT2D eigenvalue weighted by atomic mass is 16.6. The first-order valence-corrected chi connectivity index (χ1v) is 10.9. The Morgan fingerprint density at radius 2 is 1.64 bits per heavy atom. The molecule has 0 spiro atoms. The molecule has 3 rings (SSSR count). The molecule has 7 heteroatoms. The van der Waals surface area contributed by atoms with Crippen molar-refractivity contribution in [2.45, 2.75) is 26.0 Å². The van der Waals surface area contributed by atoms with Gasteiger partial charge in [0.2, 0.25) is 0 Å². The van der Waals surface area contributed by atoms with Gasteiger partial charge in [-0.05, 0) is 23.6 Å². The Kier molecular flexibility index (Phi) is 8.24. The molecule has 33 heavy (non-hydrogen) atoms. The molecular formula is C26H29NO6. The molecule has 0 aromatic heterocycles. The van der Waals surface area contributed by atoms with Crippen molar-refractivity contribution in [3.63, 3.8) is 0 Å². The zero-order valence-electron chi connectivity index (χ0n) is 18.9. The molecule has 1 fully saturated rings. The van der Waals surface area contributed by atoms with Crippen LogP contribution in [0, 0.1) is 11.8 Å². The van der Waals surface area contributed by atoms with Crippen LogP contribution >= 0.6 is 0 Å². The third-order valence-electron chi connectivity index (χ3n) is 5.84. The van der Waals surface area contributed by atoms with Crippen molar-refractivity contribution in [3.8, 4) is 0 Å². The summed E-state index contributed by atoms with van der Waals surface area (Å²) in [6.07, 6.45) is -0.700. The van der Waals surface area contributed by atoms with Gasteiger partial charge in [-0.1, -0.05) is 67.2 Å². The molecule has 1 aliphatic heterocycles. The van der Waals surface area contributed by atoms with Crippen LogP contribution in [-0.4, -0.2) is 49.2 Å². The molecule has 0 radical (unpaired) electrons. The number of nitrogens with zero attached hydrogens (tertiary/aromatic N) is 1. The summed E-state index contributed by atoms with van der Waals surface area (Å²) in [7, 11) is 1.30. The number of hydrogen-bond donors (Lipinski definition) is 0. The van der Waals surface area contributed by atoms with Crippen LogP contribution in [0.1, 0.15) is 24.5 Å². The Hall–Kier alpha value is -3.61. The molecule has 0 aliphatic carbocycles. The predicted octanol–water partition coefficient (Wildman–Crippen LogP) is 4.08. The third-order valence-corrected chi connectivity index (χ3v) is 5.84. The Morgan fingerprint density at radius 1 is 1.00 bits per heavy atom. The number of hydrogen-bond acceptors (Lipinski definition) is 6. The Morgan fingerprint density at radius 3 is 2.24 bits per heavy atom. The molecule has 2 aromatic rings. The molecule has 0 saturated carbocycles. The second-order valence-corrected chi connectivity index (χ2v) is 7.83. The van der Waals surface area contributed by atoms with Crippen molar-refractivity contribution in [2.75, 3.05) is 20.3 Å². The minimum atomic E-state index is -0.988. The second kappa shape index (κ2) is 11.3. The molecule has 1 saturated heterocycles. The maximum Gasteiger partial charge on any atom is 0.410 e. The molecule has 1 heterocycles. The Bertz CT molecular complexity index is 975. The molecule has 3 atom stereocenters. The number of rotatable bonds is 8. The summed E-state index contributed by atoms with van der Waals surface area (Å²) in [6, 6.07) is 17.8. The van der Waals surface area contributed by atoms with E-state index in [9.17, 15) is 14.4 Å². The Balaban J connectivity index is 1.90. The summed E-state index contributed by atoms with van der Waals surface area (Å²) < 4.78 is 15.7. The van der Waals surface area contributed by atoms with Crippen molar-refractivity contribution in [2.24, 2.45) is 11.8 Å². The first-order valence-electron chi connectivity index (χ1n) is 10.9. The molecule has 2 aromatic carbocycles. The lowest BCUT2D eigenvalue weighted by molar-refractivity contribution is -0.150. The molecule has 174 valence electrons. The average Bonchev–Trinajstić information content (AvgIpc) is 3.22. The van der Waals surface area contributed by atoms with Gasteiger partial charge in [-0.25, -0.2) is 9.59 Å². The second-order valence-electron chi connectivity index (χ2n) is 7.83. The van der Waals surface area contributed by atoms with Crippen LogP contribution in [0.25, 0.3) is 5.57 Å². The number of carbonyl (C=O) groups is 3. The van der Waals surface area contributed by atoms with Gasteiger partial charge in [0.05, 0.1) is 20.1 Å². The largest absolute Gasteiger partial charge is 0.469 e. The molecule has 1 aliphatic rings. The van der Waals surface area contributed by atoms with Crippen LogP contribution in [0.3, 0.4) is 0 Å². The number of ether oxygens (including phenoxy) is 3. The summed E-state index contributed by atoms with van der Waals surface area (Å²) in [5, 5.41) is 0. The number of carbonyl (C=O) groups excluding carboxylic acids is 3. The minimum Gasteiger partial charge on any atom is -0.469 e. The normalized spacial score (nSPS) is 19.6. The Labute approximate surface area is 193 Å². The van der Waals surface area contributed by atoms with E-state index in [-0.39, 0.29) is 32.1 Å². The van der Waals surface area contributed by atoms with Gasteiger partial charge in [-0.2, -0.15) is 0 Å². The van der Waals surface area contributed by atoms with Crippen LogP contribution in [0.15, 0.2) is 67.2 Å². The number of benzene rings is 2. The van der Waals surface area contributed by atoms with E-state index in [1.807, 2.05) is 60.7 Å². The van der Waals surface area contributed by atoms with Gasteiger partial charge in [0, 0.05) is 18.4 Å². The van der Waals surface area contributed by atoms with Gasteiger partial charge in [0.25, 0.3) is 0 Å². The summed E-state index contributed by atoms with van der Waals surface area (Å²) in [5.41, 5.74) is 2.44. The van der Waals surface area contributed by atoms with Crippen LogP contribution in [-0.2, 0) is 30.4 Å². The fourth-order valence-corrected chi connectivity index (χ4v) is 4.20. The van der Waals surface area contributed by atoms with Crippen molar-refractivity contribution in [1.29, 1.82) is 0 Å². The summed E-state index contributed by atoms with van der Waals surface area (Å²) >= 11 is 0. The topological polar surface area (TPSA) is 82.1 Å². The highest BCUT2D eigenvalue weighted by Gasteiger charge is 2.51. The first-order chi connectivity index (χ1) is 16.0. The lowest BCUT2D eigenvalue weighted by atomic mass is 9.81. The fourth-order valence-electron chi connectivity index (χ4n) is 4.20. The molecule has 0 N–H and O–H groups in total. The number of methoxy groups -OCH3 is 1. The molecule has 1 amide bonds. The van der Waals surface area contributed by atoms with E-state index in [1.165, 1.54) is 12.0 Å². The van der Waals surface area contributed by atoms with Crippen molar-refractivity contribution in [1.82, 2.24) is 4.90 Å². The molecular weight excluding hydrogens is 422 g/mol. The zero-order chi connectivity index (χ0) is 23.8. The van der Waals surface area contributed by atoms with E-state index >= 15 is 0 Å². The van der Waals surface area contributed by atoms with Crippen molar-refractivity contribution >= 4 is 23.6 Å². The monoisotopic (exact) mass is 451 g/mol. The quantitative estimate of drug-likeness (QED) is 0.444. The fraction of sp³-hybridized carbons (Fsp3) is 0.346. The maximum atomic E-state index is 13.1. The molecule has 0 bridgehead atoms. The first kappa shape index (κ1) is 24.0. The van der Waals surface area contributed by atoms with Crippen molar-refractivity contribution < 1.29 is 28.6 Å². The molecule has 0 unspecified atom stereocenters. The van der Waals surface area contributed by atoms with Crippen molar-refractivity contribution in [3.05, 3.63) is 78.4 Å². The van der Waals surface area contributed by atoms with Crippen LogP contribution in [0.5, 0.6) is 0 Å². The van der Waals surface area contributed by atoms with Gasteiger partial charge in [0.15, 0.2) is 0 Å². The van der Waals surface area contributed by atoms with E-state index in [4.69, 9.17) is 14.2 Å². The van der Waals surface area contributed by atoms with Gasteiger partial charge >= 0.3 is 18.0 Å². The zero-order valence-corrected chi connectivity index (χ0v) is 18.9. The van der Waals surface area contributed by atoms with Crippen LogP contribution in [0.4, 0.5) is 4.79 Å². The standard InChI is InChI=1S/C26H29NO6/c1-4-32-25(29)24-21(15-23(28)31-3)22(18(2)20-13-9-6-10-14-20)16-27(24)26(30)33-17-19-11-7-5-8-12-19/h5-14,21-22,24H,2,4,15-17H2,1,3H3/t21-,22+,24-/m0/s1. The SMILES string of the molecule is C=C(c1ccccc1)[C@H]1CN(C(=O)OCc2ccccc2)[C@H](C(=O)OCC)[C@H]1CC(=O)OC. The summed E-state index contributed by atoms with van der Waals surface area (Å²) in [6.45, 7) is 6.32. The van der Waals surface area contributed by atoms with E-state index < -0.39 is 30.0 Å². The van der Waals surface area contributed by atoms with Crippen LogP contribution in [0.2, 0.25) is 0 Å². The van der Waals surface area contributed by atoms with Gasteiger partial charge in [-0.15, -0.1) is 0 Å². The minimum absolute atomic E-state index is 0.0566. The highest BCUT2D eigenvalue weighted by Crippen LogP contribution is 2.41. The van der Waals surface area contributed by atoms with Gasteiger partial charge in [0.1, 0.15) is 12.6 Å². The highest BCUT2D eigenvalue weighted by molar-refractivity contribution is 5.85. The lowest BCUT2D eigenvalue weighted by Crippen LogP contribution is -2.45. The lowest BCUT2D eigenvalue weighted by Gasteiger charge is -2.26. The number of esters is 2. The smallest absolute Gasteiger partial charge is 0.410 e. The number of amides is 1. The average molecular weight is 452 g/mol. The van der Waals surface area contributed by atoms with Gasteiger partial charge < -0.3 is 14.2 Å². The summed E-state index contributed by atoms with van der Waals surface area (Å²) in [4.78, 5) is 39.7. The van der Waals surface area contributed by atoms with E-state index in [1.54, 1.807) is 6.92 Å². The van der Waals surface area contributed by atoms with E-state index in [0.717, 1.165) is 16.7 Å². The summed E-state index contributed by atoms with van der Waals surface area (Å²) in [5.74, 6) is -1.97. The van der Waals surface area contributed by atoms with E-state index in [0.29, 0.717) is 0 Å². The predicted molar refractivity (Wildman–Crippen MR) is 123 cm³/mol. The van der Waals surface area contributed by atoms with Gasteiger partial charge in [-0.3, -0.25) is 9.69 Å². The maximum absolute atomic E-state index is 13.1. The van der Waals surface area contributed by atoms with Crippen LogP contribution < -0.4 is 0 Å². The molecule has 7 nitrogen and oxygen atoms in total.